The van der Waals surface area contributed by atoms with E-state index in [1.807, 2.05) is 37.3 Å². The van der Waals surface area contributed by atoms with Crippen molar-refractivity contribution in [2.75, 3.05) is 0 Å². The molecule has 3 rings (SSSR count). The van der Waals surface area contributed by atoms with Crippen LogP contribution in [0, 0.1) is 0 Å². The van der Waals surface area contributed by atoms with Gasteiger partial charge in [-0.25, -0.2) is 4.98 Å². The van der Waals surface area contributed by atoms with Crippen molar-refractivity contribution in [2.24, 2.45) is 0 Å². The number of hydrogen-bond donors (Lipinski definition) is 2. The van der Waals surface area contributed by atoms with Crippen molar-refractivity contribution in [3.8, 4) is 11.3 Å². The molecule has 2 N–H and O–H groups in total. The zero-order valence-corrected chi connectivity index (χ0v) is 15.5. The summed E-state index contributed by atoms with van der Waals surface area (Å²) in [5, 5.41) is 2.71. The fourth-order valence-electron chi connectivity index (χ4n) is 2.86. The third kappa shape index (κ3) is 4.92. The van der Waals surface area contributed by atoms with E-state index in [1.165, 1.54) is 0 Å². The number of amides is 1. The third-order valence-electron chi connectivity index (χ3n) is 4.38. The summed E-state index contributed by atoms with van der Waals surface area (Å²) in [5.74, 6) is -0.0629. The van der Waals surface area contributed by atoms with Gasteiger partial charge in [0.15, 0.2) is 0 Å². The highest BCUT2D eigenvalue weighted by atomic mass is 19.4. The maximum atomic E-state index is 12.8. The number of halogens is 3. The van der Waals surface area contributed by atoms with Crippen molar-refractivity contribution in [3.63, 3.8) is 0 Å². The summed E-state index contributed by atoms with van der Waals surface area (Å²) < 4.78 is 39.2. The molecule has 3 aromatic rings. The van der Waals surface area contributed by atoms with Crippen LogP contribution in [0.1, 0.15) is 30.8 Å². The lowest BCUT2D eigenvalue weighted by Gasteiger charge is -2.16. The zero-order valence-electron chi connectivity index (χ0n) is 15.5. The highest BCUT2D eigenvalue weighted by Gasteiger charge is 2.31. The van der Waals surface area contributed by atoms with Crippen LogP contribution >= 0.6 is 0 Å². The van der Waals surface area contributed by atoms with Crippen molar-refractivity contribution >= 4 is 5.91 Å². The lowest BCUT2D eigenvalue weighted by molar-refractivity contribution is -0.138. The zero-order chi connectivity index (χ0) is 21.0. The Hall–Kier alpha value is -3.36. The summed E-state index contributed by atoms with van der Waals surface area (Å²) in [6.07, 6.45) is -1.80. The maximum Gasteiger partial charge on any atom is 0.417 e. The van der Waals surface area contributed by atoms with Crippen LogP contribution in [-0.4, -0.2) is 20.4 Å². The van der Waals surface area contributed by atoms with Crippen molar-refractivity contribution < 1.29 is 18.0 Å². The van der Waals surface area contributed by atoms with E-state index in [1.54, 1.807) is 6.20 Å². The molecule has 9 heteroatoms. The SMILES string of the molecule is CCC(NC(=O)Cn1cc(C(F)(F)F)ccc1=O)c1ncc(-c2ccccc2)[nH]1. The van der Waals surface area contributed by atoms with Crippen LogP contribution in [0.15, 0.2) is 59.7 Å². The van der Waals surface area contributed by atoms with Crippen molar-refractivity contribution in [1.82, 2.24) is 19.9 Å². The molecule has 0 bridgehead atoms. The molecular weight excluding hydrogens is 385 g/mol. The Morgan fingerprint density at radius 3 is 2.59 bits per heavy atom. The molecule has 1 amide bonds. The Kier molecular flexibility index (Phi) is 5.86. The van der Waals surface area contributed by atoms with E-state index in [9.17, 15) is 22.8 Å². The molecule has 0 radical (unpaired) electrons. The lowest BCUT2D eigenvalue weighted by Crippen LogP contribution is -2.35. The van der Waals surface area contributed by atoms with Gasteiger partial charge in [0.25, 0.3) is 5.56 Å². The topological polar surface area (TPSA) is 79.8 Å². The Bertz CT molecular complexity index is 1040. The molecule has 1 aromatic carbocycles. The van der Waals surface area contributed by atoms with Gasteiger partial charge in [-0.2, -0.15) is 13.2 Å². The number of aromatic amines is 1. The van der Waals surface area contributed by atoms with Crippen molar-refractivity contribution in [2.45, 2.75) is 32.1 Å². The Balaban J connectivity index is 1.73. The standard InChI is InChI=1S/C20H19F3N4O2/c1-2-15(19-24-10-16(26-19)13-6-4-3-5-7-13)25-17(28)12-27-11-14(20(21,22)23)8-9-18(27)29/h3-11,15H,2,12H2,1H3,(H,24,26)(H,25,28). The number of hydrogen-bond acceptors (Lipinski definition) is 3. The molecule has 6 nitrogen and oxygen atoms in total. The molecule has 0 saturated carbocycles. The number of aromatic nitrogens is 3. The van der Waals surface area contributed by atoms with Crippen LogP contribution in [0.2, 0.25) is 0 Å². The van der Waals surface area contributed by atoms with E-state index < -0.39 is 35.8 Å². The van der Waals surface area contributed by atoms with Gasteiger partial charge in [0.1, 0.15) is 12.4 Å². The van der Waals surface area contributed by atoms with Crippen LogP contribution in [0.25, 0.3) is 11.3 Å². The number of H-pyrrole nitrogens is 1. The number of imidazole rings is 1. The molecule has 0 spiro atoms. The van der Waals surface area contributed by atoms with Gasteiger partial charge in [-0.05, 0) is 18.1 Å². The second kappa shape index (κ2) is 8.34. The number of alkyl halides is 3. The molecule has 0 aliphatic heterocycles. The van der Waals surface area contributed by atoms with Crippen molar-refractivity contribution in [1.29, 1.82) is 0 Å². The van der Waals surface area contributed by atoms with E-state index >= 15 is 0 Å². The molecule has 0 aliphatic rings. The summed E-state index contributed by atoms with van der Waals surface area (Å²) in [6.45, 7) is 1.32. The summed E-state index contributed by atoms with van der Waals surface area (Å²) in [4.78, 5) is 31.6. The smallest absolute Gasteiger partial charge is 0.345 e. The van der Waals surface area contributed by atoms with Gasteiger partial charge in [0, 0.05) is 12.3 Å². The Labute approximate surface area is 164 Å². The monoisotopic (exact) mass is 404 g/mol. The summed E-state index contributed by atoms with van der Waals surface area (Å²) in [7, 11) is 0. The molecule has 152 valence electrons. The predicted octanol–water partition coefficient (Wildman–Crippen LogP) is 3.52. The first kappa shape index (κ1) is 20.4. The normalized spacial score (nSPS) is 12.6. The van der Waals surface area contributed by atoms with Gasteiger partial charge in [0.2, 0.25) is 5.91 Å². The van der Waals surface area contributed by atoms with Crippen molar-refractivity contribution in [3.05, 3.63) is 76.6 Å². The molecule has 29 heavy (non-hydrogen) atoms. The molecule has 2 aromatic heterocycles. The van der Waals surface area contributed by atoms with Gasteiger partial charge in [-0.3, -0.25) is 9.59 Å². The number of nitrogens with one attached hydrogen (secondary N) is 2. The first-order valence-electron chi connectivity index (χ1n) is 8.95. The van der Waals surface area contributed by atoms with E-state index in [-0.39, 0.29) is 0 Å². The van der Waals surface area contributed by atoms with Gasteiger partial charge in [0.05, 0.1) is 23.5 Å². The average molecular weight is 404 g/mol. The molecule has 1 atom stereocenters. The summed E-state index contributed by atoms with van der Waals surface area (Å²) >= 11 is 0. The highest BCUT2D eigenvalue weighted by molar-refractivity contribution is 5.76. The minimum atomic E-state index is -4.60. The number of carbonyl (C=O) groups is 1. The Morgan fingerprint density at radius 1 is 1.21 bits per heavy atom. The molecule has 0 saturated heterocycles. The van der Waals surface area contributed by atoms with Crippen LogP contribution in [0.4, 0.5) is 13.2 Å². The molecule has 0 fully saturated rings. The second-order valence-corrected chi connectivity index (χ2v) is 6.46. The third-order valence-corrected chi connectivity index (χ3v) is 4.38. The maximum absolute atomic E-state index is 12.8. The van der Waals surface area contributed by atoms with Gasteiger partial charge in [-0.15, -0.1) is 0 Å². The van der Waals surface area contributed by atoms with E-state index in [0.29, 0.717) is 24.5 Å². The van der Waals surface area contributed by atoms with Crippen LogP contribution in [0.5, 0.6) is 0 Å². The second-order valence-electron chi connectivity index (χ2n) is 6.46. The summed E-state index contributed by atoms with van der Waals surface area (Å²) in [6, 6.07) is 10.5. The van der Waals surface area contributed by atoms with E-state index in [4.69, 9.17) is 0 Å². The first-order chi connectivity index (χ1) is 13.8. The summed E-state index contributed by atoms with van der Waals surface area (Å²) in [5.41, 5.74) is 0.0337. The fourth-order valence-corrected chi connectivity index (χ4v) is 2.86. The van der Waals surface area contributed by atoms with Crippen LogP contribution in [0.3, 0.4) is 0 Å². The highest BCUT2D eigenvalue weighted by Crippen LogP contribution is 2.28. The van der Waals surface area contributed by atoms with Crippen LogP contribution in [-0.2, 0) is 17.5 Å². The number of carbonyl (C=O) groups excluding carboxylic acids is 1. The molecule has 2 heterocycles. The number of nitrogens with zero attached hydrogens (tertiary/aromatic N) is 2. The molecular formula is C20H19F3N4O2. The first-order valence-corrected chi connectivity index (χ1v) is 8.95. The number of benzene rings is 1. The van der Waals surface area contributed by atoms with Gasteiger partial charge in [-0.1, -0.05) is 37.3 Å². The quantitative estimate of drug-likeness (QED) is 0.660. The minimum Gasteiger partial charge on any atom is -0.345 e. The van der Waals surface area contributed by atoms with E-state index in [2.05, 4.69) is 15.3 Å². The van der Waals surface area contributed by atoms with Crippen LogP contribution < -0.4 is 10.9 Å². The number of rotatable bonds is 6. The lowest BCUT2D eigenvalue weighted by atomic mass is 10.2. The largest absolute Gasteiger partial charge is 0.417 e. The van der Waals surface area contributed by atoms with Gasteiger partial charge >= 0.3 is 6.18 Å². The van der Waals surface area contributed by atoms with Gasteiger partial charge < -0.3 is 14.9 Å². The van der Waals surface area contributed by atoms with E-state index in [0.717, 1.165) is 21.9 Å². The fraction of sp³-hybridized carbons (Fsp3) is 0.250. The predicted molar refractivity (Wildman–Crippen MR) is 101 cm³/mol. The minimum absolute atomic E-state index is 0.471. The molecule has 0 aliphatic carbocycles. The number of pyridine rings is 1. The molecule has 1 unspecified atom stereocenters. The average Bonchev–Trinajstić information content (AvgIpc) is 3.17. The Morgan fingerprint density at radius 2 is 1.93 bits per heavy atom.